The first-order valence-electron chi connectivity index (χ1n) is 11.6. The Morgan fingerprint density at radius 3 is 2.61 bits per heavy atom. The number of unbranched alkanes of at least 4 members (excludes halogenated alkanes) is 1. The van der Waals surface area contributed by atoms with E-state index < -0.39 is 0 Å². The molecule has 0 N–H and O–H groups in total. The molecule has 0 radical (unpaired) electrons. The van der Waals surface area contributed by atoms with Gasteiger partial charge in [0.25, 0.3) is 0 Å². The Kier molecular flexibility index (Phi) is 9.12. The van der Waals surface area contributed by atoms with Crippen molar-refractivity contribution in [3.63, 3.8) is 0 Å². The average Bonchev–Trinajstić information content (AvgIpc) is 3.11. The molecule has 0 bridgehead atoms. The first-order valence-corrected chi connectivity index (χ1v) is 12.4. The van der Waals surface area contributed by atoms with Gasteiger partial charge in [0.15, 0.2) is 6.61 Å². The summed E-state index contributed by atoms with van der Waals surface area (Å²) in [6, 6.07) is 10.7. The molecule has 6 heteroatoms. The third-order valence-corrected chi connectivity index (χ3v) is 7.16. The number of esters is 1. The van der Waals surface area contributed by atoms with E-state index in [-0.39, 0.29) is 18.4 Å². The molecule has 4 nitrogen and oxygen atoms in total. The summed E-state index contributed by atoms with van der Waals surface area (Å²) in [6.45, 7) is 8.87. The fraction of sp³-hybridized carbons (Fsp3) is 0.444. The van der Waals surface area contributed by atoms with Crippen molar-refractivity contribution in [2.45, 2.75) is 59.3 Å². The molecule has 0 aliphatic carbocycles. The second kappa shape index (κ2) is 12.0. The number of aryl methyl sites for hydroxylation is 2. The Hall–Kier alpha value is -2.60. The third kappa shape index (κ3) is 6.70. The molecule has 0 aliphatic rings. The van der Waals surface area contributed by atoms with Gasteiger partial charge in [0, 0.05) is 9.58 Å². The highest BCUT2D eigenvalue weighted by atomic mass is 32.1. The van der Waals surface area contributed by atoms with Crippen LogP contribution in [0.1, 0.15) is 61.5 Å². The monoisotopic (exact) mass is 472 g/mol. The fourth-order valence-corrected chi connectivity index (χ4v) is 5.40. The molecule has 33 heavy (non-hydrogen) atoms. The van der Waals surface area contributed by atoms with E-state index in [0.29, 0.717) is 24.9 Å². The number of carbonyl (C=O) groups is 1. The second-order valence-electron chi connectivity index (χ2n) is 8.23. The van der Waals surface area contributed by atoms with E-state index in [1.807, 2.05) is 31.2 Å². The number of ether oxygens (including phenoxy) is 3. The number of fused-ring (bicyclic) bond motifs is 1. The topological polar surface area (TPSA) is 44.8 Å². The number of hydrogen-bond acceptors (Lipinski definition) is 5. The van der Waals surface area contributed by atoms with Gasteiger partial charge in [-0.15, -0.1) is 11.3 Å². The Morgan fingerprint density at radius 2 is 1.88 bits per heavy atom. The normalized spacial score (nSPS) is 12.0. The molecule has 0 saturated carbocycles. The maximum absolute atomic E-state index is 13.7. The lowest BCUT2D eigenvalue weighted by atomic mass is 9.94. The van der Waals surface area contributed by atoms with E-state index in [2.05, 4.69) is 13.8 Å². The van der Waals surface area contributed by atoms with Gasteiger partial charge in [-0.1, -0.05) is 25.8 Å². The Labute approximate surface area is 199 Å². The summed E-state index contributed by atoms with van der Waals surface area (Å²) < 4.78 is 31.2. The molecule has 3 aromatic rings. The average molecular weight is 473 g/mol. The Balaban J connectivity index is 1.63. The summed E-state index contributed by atoms with van der Waals surface area (Å²) in [5, 5.41) is 1.15. The van der Waals surface area contributed by atoms with Gasteiger partial charge in [-0.2, -0.15) is 0 Å². The van der Waals surface area contributed by atoms with Crippen molar-refractivity contribution >= 4 is 27.4 Å². The van der Waals surface area contributed by atoms with Gasteiger partial charge in [-0.3, -0.25) is 0 Å². The van der Waals surface area contributed by atoms with Crippen LogP contribution in [0.2, 0.25) is 0 Å². The van der Waals surface area contributed by atoms with Crippen molar-refractivity contribution in [2.24, 2.45) is 0 Å². The van der Waals surface area contributed by atoms with Crippen molar-refractivity contribution in [3.05, 3.63) is 58.2 Å². The van der Waals surface area contributed by atoms with Crippen molar-refractivity contribution in [1.82, 2.24) is 0 Å². The molecular weight excluding hydrogens is 439 g/mol. The van der Waals surface area contributed by atoms with Gasteiger partial charge in [0.1, 0.15) is 17.3 Å². The van der Waals surface area contributed by atoms with Crippen LogP contribution < -0.4 is 9.47 Å². The summed E-state index contributed by atoms with van der Waals surface area (Å²) in [4.78, 5) is 12.8. The lowest BCUT2D eigenvalue weighted by Crippen LogP contribution is -2.15. The summed E-state index contributed by atoms with van der Waals surface area (Å²) in [7, 11) is 0. The lowest BCUT2D eigenvalue weighted by molar-refractivity contribution is -0.145. The van der Waals surface area contributed by atoms with Crippen molar-refractivity contribution < 1.29 is 23.4 Å². The number of carbonyl (C=O) groups excluding carboxylic acids is 1. The molecular formula is C27H33FO4S. The van der Waals surface area contributed by atoms with Crippen LogP contribution in [0.25, 0.3) is 10.1 Å². The van der Waals surface area contributed by atoms with Crippen LogP contribution in [0.4, 0.5) is 4.39 Å². The largest absolute Gasteiger partial charge is 0.494 e. The predicted octanol–water partition coefficient (Wildman–Crippen LogP) is 7.34. The van der Waals surface area contributed by atoms with Crippen LogP contribution in [0.15, 0.2) is 36.4 Å². The van der Waals surface area contributed by atoms with E-state index in [1.54, 1.807) is 30.4 Å². The molecule has 1 unspecified atom stereocenters. The highest BCUT2D eigenvalue weighted by molar-refractivity contribution is 7.19. The molecule has 1 heterocycles. The van der Waals surface area contributed by atoms with Gasteiger partial charge in [0.05, 0.1) is 13.2 Å². The molecule has 178 valence electrons. The maximum Gasteiger partial charge on any atom is 0.344 e. The van der Waals surface area contributed by atoms with Crippen LogP contribution in [-0.4, -0.2) is 25.8 Å². The standard InChI is InChI=1S/C27H33FO4S/c1-5-7-8-20(27-19(4)23-11-9-21(28)16-25(23)33-27)13-14-31-22-10-12-24(18(3)15-22)32-17-26(29)30-6-2/h9-12,15-16,20H,5-8,13-14,17H2,1-4H3. The number of halogens is 1. The summed E-state index contributed by atoms with van der Waals surface area (Å²) in [5.41, 5.74) is 2.16. The number of thiophene rings is 1. The molecule has 0 aliphatic heterocycles. The summed E-state index contributed by atoms with van der Waals surface area (Å²) in [6.07, 6.45) is 4.28. The summed E-state index contributed by atoms with van der Waals surface area (Å²) >= 11 is 1.71. The zero-order valence-corrected chi connectivity index (χ0v) is 20.7. The minimum atomic E-state index is -0.380. The third-order valence-electron chi connectivity index (χ3n) is 5.75. The first-order chi connectivity index (χ1) is 15.9. The smallest absolute Gasteiger partial charge is 0.344 e. The van der Waals surface area contributed by atoms with Crippen LogP contribution >= 0.6 is 11.3 Å². The molecule has 0 fully saturated rings. The molecule has 0 saturated heterocycles. The molecule has 3 rings (SSSR count). The van der Waals surface area contributed by atoms with Crippen molar-refractivity contribution in [3.8, 4) is 11.5 Å². The zero-order valence-electron chi connectivity index (χ0n) is 19.9. The van der Waals surface area contributed by atoms with Gasteiger partial charge in [0.2, 0.25) is 0 Å². The Bertz CT molecular complexity index is 1080. The summed E-state index contributed by atoms with van der Waals surface area (Å²) in [5.74, 6) is 1.24. The van der Waals surface area contributed by atoms with Crippen LogP contribution in [-0.2, 0) is 9.53 Å². The van der Waals surface area contributed by atoms with Gasteiger partial charge >= 0.3 is 5.97 Å². The van der Waals surface area contributed by atoms with Crippen LogP contribution in [0.5, 0.6) is 11.5 Å². The van der Waals surface area contributed by atoms with Gasteiger partial charge in [-0.05, 0) is 86.4 Å². The minimum absolute atomic E-state index is 0.105. The van der Waals surface area contributed by atoms with E-state index in [4.69, 9.17) is 14.2 Å². The molecule has 0 amide bonds. The SMILES string of the molecule is CCCCC(CCOc1ccc(OCC(=O)OCC)c(C)c1)c1sc2cc(F)ccc2c1C. The Morgan fingerprint density at radius 1 is 1.06 bits per heavy atom. The number of benzene rings is 2. The number of hydrogen-bond donors (Lipinski definition) is 0. The van der Waals surface area contributed by atoms with E-state index in [9.17, 15) is 9.18 Å². The van der Waals surface area contributed by atoms with E-state index in [0.717, 1.165) is 47.1 Å². The zero-order chi connectivity index (χ0) is 23.8. The van der Waals surface area contributed by atoms with E-state index >= 15 is 0 Å². The maximum atomic E-state index is 13.7. The fourth-order valence-electron chi connectivity index (χ4n) is 4.00. The van der Waals surface area contributed by atoms with Gasteiger partial charge < -0.3 is 14.2 Å². The predicted molar refractivity (Wildman–Crippen MR) is 132 cm³/mol. The lowest BCUT2D eigenvalue weighted by Gasteiger charge is -2.17. The van der Waals surface area contributed by atoms with E-state index in [1.165, 1.54) is 10.4 Å². The number of rotatable bonds is 12. The highest BCUT2D eigenvalue weighted by Crippen LogP contribution is 2.39. The minimum Gasteiger partial charge on any atom is -0.494 e. The van der Waals surface area contributed by atoms with Crippen molar-refractivity contribution in [1.29, 1.82) is 0 Å². The molecule has 1 atom stereocenters. The molecule has 0 spiro atoms. The molecule has 1 aromatic heterocycles. The van der Waals surface area contributed by atoms with Crippen molar-refractivity contribution in [2.75, 3.05) is 19.8 Å². The van der Waals surface area contributed by atoms with Crippen LogP contribution in [0.3, 0.4) is 0 Å². The quantitative estimate of drug-likeness (QED) is 0.259. The van der Waals surface area contributed by atoms with Crippen LogP contribution in [0, 0.1) is 19.7 Å². The highest BCUT2D eigenvalue weighted by Gasteiger charge is 2.19. The second-order valence-corrected chi connectivity index (χ2v) is 9.31. The first kappa shape index (κ1) is 25.0. The molecule has 2 aromatic carbocycles. The van der Waals surface area contributed by atoms with Gasteiger partial charge in [-0.25, -0.2) is 9.18 Å².